The van der Waals surface area contributed by atoms with Crippen LogP contribution in [0.25, 0.3) is 6.08 Å². The van der Waals surface area contributed by atoms with E-state index in [0.717, 1.165) is 4.90 Å². The van der Waals surface area contributed by atoms with Gasteiger partial charge >= 0.3 is 6.03 Å². The first kappa shape index (κ1) is 18.7. The second-order valence-corrected chi connectivity index (χ2v) is 6.16. The third kappa shape index (κ3) is 3.88. The van der Waals surface area contributed by atoms with Crippen molar-refractivity contribution in [2.45, 2.75) is 13.5 Å². The van der Waals surface area contributed by atoms with Gasteiger partial charge in [0.15, 0.2) is 11.5 Å². The van der Waals surface area contributed by atoms with E-state index in [1.165, 1.54) is 36.4 Å². The van der Waals surface area contributed by atoms with Crippen LogP contribution in [0.2, 0.25) is 5.02 Å². The molecule has 1 saturated heterocycles. The average molecular weight is 391 g/mol. The SMILES string of the molecule is CCOc1cc(C=C2NC(=O)N(Cc3ccccc3F)C2=O)cc(Cl)c1O. The van der Waals surface area contributed by atoms with Gasteiger partial charge in [0.25, 0.3) is 5.91 Å². The zero-order valence-corrected chi connectivity index (χ0v) is 15.1. The molecule has 0 unspecified atom stereocenters. The summed E-state index contributed by atoms with van der Waals surface area (Å²) in [7, 11) is 0. The van der Waals surface area contributed by atoms with E-state index < -0.39 is 17.8 Å². The Kier molecular flexibility index (Phi) is 5.32. The molecule has 1 aliphatic rings. The zero-order valence-electron chi connectivity index (χ0n) is 14.3. The number of nitrogens with one attached hydrogen (secondary N) is 1. The minimum Gasteiger partial charge on any atom is -0.503 e. The smallest absolute Gasteiger partial charge is 0.329 e. The maximum atomic E-state index is 13.8. The molecular weight excluding hydrogens is 375 g/mol. The Morgan fingerprint density at radius 3 is 2.74 bits per heavy atom. The van der Waals surface area contributed by atoms with Crippen molar-refractivity contribution < 1.29 is 23.8 Å². The Morgan fingerprint density at radius 2 is 2.04 bits per heavy atom. The molecule has 1 aliphatic heterocycles. The number of phenols is 1. The first-order chi connectivity index (χ1) is 12.9. The molecule has 6 nitrogen and oxygen atoms in total. The normalized spacial score (nSPS) is 15.4. The minimum atomic E-state index is -0.649. The Hall–Kier alpha value is -3.06. The van der Waals surface area contributed by atoms with E-state index in [2.05, 4.69) is 5.32 Å². The van der Waals surface area contributed by atoms with Crippen molar-refractivity contribution >= 4 is 29.6 Å². The molecule has 1 heterocycles. The Balaban J connectivity index is 1.87. The van der Waals surface area contributed by atoms with E-state index >= 15 is 0 Å². The summed E-state index contributed by atoms with van der Waals surface area (Å²) in [4.78, 5) is 25.6. The number of ether oxygens (including phenoxy) is 1. The molecule has 3 rings (SSSR count). The van der Waals surface area contributed by atoms with Gasteiger partial charge in [-0.05, 0) is 36.8 Å². The maximum absolute atomic E-state index is 13.8. The second kappa shape index (κ2) is 7.67. The Bertz CT molecular complexity index is 945. The van der Waals surface area contributed by atoms with Gasteiger partial charge in [-0.3, -0.25) is 9.69 Å². The van der Waals surface area contributed by atoms with Crippen LogP contribution in [0.15, 0.2) is 42.1 Å². The van der Waals surface area contributed by atoms with Crippen molar-refractivity contribution in [1.82, 2.24) is 10.2 Å². The fraction of sp³-hybridized carbons (Fsp3) is 0.158. The molecule has 140 valence electrons. The highest BCUT2D eigenvalue weighted by Gasteiger charge is 2.34. The molecule has 0 aliphatic carbocycles. The van der Waals surface area contributed by atoms with Crippen LogP contribution in [0.5, 0.6) is 11.5 Å². The van der Waals surface area contributed by atoms with Gasteiger partial charge in [-0.2, -0.15) is 0 Å². The predicted octanol–water partition coefficient (Wildman–Crippen LogP) is 3.68. The van der Waals surface area contributed by atoms with Gasteiger partial charge in [-0.15, -0.1) is 0 Å². The van der Waals surface area contributed by atoms with E-state index in [1.807, 2.05) is 0 Å². The molecule has 0 saturated carbocycles. The Labute approximate surface area is 159 Å². The van der Waals surface area contributed by atoms with Crippen molar-refractivity contribution in [2.24, 2.45) is 0 Å². The fourth-order valence-electron chi connectivity index (χ4n) is 2.62. The monoisotopic (exact) mass is 390 g/mol. The van der Waals surface area contributed by atoms with Crippen LogP contribution in [0.1, 0.15) is 18.1 Å². The molecule has 3 amide bonds. The van der Waals surface area contributed by atoms with E-state index in [9.17, 15) is 19.1 Å². The first-order valence-corrected chi connectivity index (χ1v) is 8.51. The predicted molar refractivity (Wildman–Crippen MR) is 97.7 cm³/mol. The van der Waals surface area contributed by atoms with Crippen LogP contribution in [0, 0.1) is 5.82 Å². The molecule has 2 aromatic rings. The van der Waals surface area contributed by atoms with Crippen LogP contribution in [0.3, 0.4) is 0 Å². The van der Waals surface area contributed by atoms with Crippen LogP contribution in [0.4, 0.5) is 9.18 Å². The molecule has 0 atom stereocenters. The van der Waals surface area contributed by atoms with Crippen LogP contribution < -0.4 is 10.1 Å². The van der Waals surface area contributed by atoms with Gasteiger partial charge in [0.05, 0.1) is 18.2 Å². The van der Waals surface area contributed by atoms with Crippen molar-refractivity contribution in [1.29, 1.82) is 0 Å². The number of amides is 3. The van der Waals surface area contributed by atoms with Gasteiger partial charge in [0, 0.05) is 5.56 Å². The quantitative estimate of drug-likeness (QED) is 0.603. The molecular formula is C19H16ClFN2O4. The summed E-state index contributed by atoms with van der Waals surface area (Å²) in [6.45, 7) is 1.88. The van der Waals surface area contributed by atoms with E-state index in [1.54, 1.807) is 13.0 Å². The molecule has 0 bridgehead atoms. The number of benzene rings is 2. The van der Waals surface area contributed by atoms with Gasteiger partial charge in [-0.1, -0.05) is 29.8 Å². The standard InChI is InChI=1S/C19H16ClFN2O4/c1-2-27-16-9-11(7-13(20)17(16)24)8-15-18(25)23(19(26)22-15)10-12-5-3-4-6-14(12)21/h3-9,24H,2,10H2,1H3,(H,22,26). The number of rotatable bonds is 5. The Morgan fingerprint density at radius 1 is 1.30 bits per heavy atom. The van der Waals surface area contributed by atoms with E-state index in [4.69, 9.17) is 16.3 Å². The number of phenolic OH excluding ortho intramolecular Hbond substituents is 1. The summed E-state index contributed by atoms with van der Waals surface area (Å²) in [6, 6.07) is 8.21. The van der Waals surface area contributed by atoms with Crippen molar-refractivity contribution in [3.63, 3.8) is 0 Å². The van der Waals surface area contributed by atoms with Crippen LogP contribution in [-0.4, -0.2) is 28.6 Å². The maximum Gasteiger partial charge on any atom is 0.329 e. The highest BCUT2D eigenvalue weighted by molar-refractivity contribution is 6.32. The van der Waals surface area contributed by atoms with E-state index in [-0.39, 0.29) is 34.3 Å². The summed E-state index contributed by atoms with van der Waals surface area (Å²) in [5, 5.41) is 12.4. The number of aromatic hydroxyl groups is 1. The average Bonchev–Trinajstić information content (AvgIpc) is 2.88. The van der Waals surface area contributed by atoms with Crippen LogP contribution in [-0.2, 0) is 11.3 Å². The van der Waals surface area contributed by atoms with Gasteiger partial charge < -0.3 is 15.2 Å². The molecule has 0 radical (unpaired) electrons. The number of halogens is 2. The molecule has 0 aromatic heterocycles. The summed E-state index contributed by atoms with van der Waals surface area (Å²) in [6.07, 6.45) is 1.41. The highest BCUT2D eigenvalue weighted by Crippen LogP contribution is 2.36. The third-order valence-electron chi connectivity index (χ3n) is 3.91. The van der Waals surface area contributed by atoms with Crippen LogP contribution >= 0.6 is 11.6 Å². The number of nitrogens with zero attached hydrogens (tertiary/aromatic N) is 1. The molecule has 2 aromatic carbocycles. The number of carbonyl (C=O) groups is 2. The minimum absolute atomic E-state index is 0.0144. The number of urea groups is 1. The lowest BCUT2D eigenvalue weighted by Gasteiger charge is -2.12. The summed E-state index contributed by atoms with van der Waals surface area (Å²) < 4.78 is 19.1. The molecule has 2 N–H and O–H groups in total. The largest absolute Gasteiger partial charge is 0.503 e. The summed E-state index contributed by atoms with van der Waals surface area (Å²) in [5.41, 5.74) is 0.701. The number of hydrogen-bond donors (Lipinski definition) is 2. The lowest BCUT2D eigenvalue weighted by Crippen LogP contribution is -2.30. The van der Waals surface area contributed by atoms with Crippen molar-refractivity contribution in [3.8, 4) is 11.5 Å². The summed E-state index contributed by atoms with van der Waals surface area (Å²) >= 11 is 5.98. The van der Waals surface area contributed by atoms with Crippen molar-refractivity contribution in [3.05, 3.63) is 64.1 Å². The topological polar surface area (TPSA) is 78.9 Å². The zero-order chi connectivity index (χ0) is 19.6. The fourth-order valence-corrected chi connectivity index (χ4v) is 2.84. The number of carbonyl (C=O) groups excluding carboxylic acids is 2. The highest BCUT2D eigenvalue weighted by atomic mass is 35.5. The first-order valence-electron chi connectivity index (χ1n) is 8.14. The second-order valence-electron chi connectivity index (χ2n) is 5.75. The van der Waals surface area contributed by atoms with E-state index in [0.29, 0.717) is 12.2 Å². The lowest BCUT2D eigenvalue weighted by atomic mass is 10.1. The molecule has 1 fully saturated rings. The molecule has 27 heavy (non-hydrogen) atoms. The summed E-state index contributed by atoms with van der Waals surface area (Å²) in [5.74, 6) is -1.13. The van der Waals surface area contributed by atoms with Gasteiger partial charge in [-0.25, -0.2) is 9.18 Å². The number of hydrogen-bond acceptors (Lipinski definition) is 4. The van der Waals surface area contributed by atoms with Crippen molar-refractivity contribution in [2.75, 3.05) is 6.61 Å². The molecule has 0 spiro atoms. The van der Waals surface area contributed by atoms with Gasteiger partial charge in [0.2, 0.25) is 0 Å². The third-order valence-corrected chi connectivity index (χ3v) is 4.20. The molecule has 8 heteroatoms. The number of imide groups is 1. The lowest BCUT2D eigenvalue weighted by molar-refractivity contribution is -0.123. The van der Waals surface area contributed by atoms with Gasteiger partial charge in [0.1, 0.15) is 11.5 Å².